The lowest BCUT2D eigenvalue weighted by molar-refractivity contribution is 0.430. The van der Waals surface area contributed by atoms with Gasteiger partial charge in [-0.15, -0.1) is 0 Å². The van der Waals surface area contributed by atoms with Crippen molar-refractivity contribution in [3.63, 3.8) is 0 Å². The van der Waals surface area contributed by atoms with E-state index in [1.807, 2.05) is 13.8 Å². The standard InChI is InChI=1S/C14H18F2N2/c1-14(2,10-17)5-3-4-6-18-13-8-11(15)7-12(16)9-13/h7-9,18H,3-6H2,1-2H3. The van der Waals surface area contributed by atoms with E-state index in [2.05, 4.69) is 11.4 Å². The monoisotopic (exact) mass is 252 g/mol. The minimum Gasteiger partial charge on any atom is -0.385 e. The molecule has 4 heteroatoms. The fraction of sp³-hybridized carbons (Fsp3) is 0.500. The van der Waals surface area contributed by atoms with Gasteiger partial charge in [0.25, 0.3) is 0 Å². The van der Waals surface area contributed by atoms with E-state index in [0.717, 1.165) is 25.3 Å². The van der Waals surface area contributed by atoms with Crippen LogP contribution in [0.2, 0.25) is 0 Å². The van der Waals surface area contributed by atoms with Gasteiger partial charge < -0.3 is 5.32 Å². The molecule has 0 unspecified atom stereocenters. The quantitative estimate of drug-likeness (QED) is 0.774. The lowest BCUT2D eigenvalue weighted by Crippen LogP contribution is -2.09. The van der Waals surface area contributed by atoms with Gasteiger partial charge >= 0.3 is 0 Å². The van der Waals surface area contributed by atoms with Crippen LogP contribution in [0.5, 0.6) is 0 Å². The van der Waals surface area contributed by atoms with Crippen molar-refractivity contribution in [1.82, 2.24) is 0 Å². The molecule has 0 aliphatic heterocycles. The molecule has 0 amide bonds. The number of hydrogen-bond acceptors (Lipinski definition) is 2. The molecule has 0 atom stereocenters. The zero-order chi connectivity index (χ0) is 13.6. The normalized spacial score (nSPS) is 11.1. The number of benzene rings is 1. The highest BCUT2D eigenvalue weighted by atomic mass is 19.1. The second-order valence-corrected chi connectivity index (χ2v) is 5.04. The highest BCUT2D eigenvalue weighted by Crippen LogP contribution is 2.21. The summed E-state index contributed by atoms with van der Waals surface area (Å²) in [4.78, 5) is 0. The number of hydrogen-bond donors (Lipinski definition) is 1. The molecule has 0 aliphatic carbocycles. The van der Waals surface area contributed by atoms with Gasteiger partial charge in [-0.25, -0.2) is 8.78 Å². The summed E-state index contributed by atoms with van der Waals surface area (Å²) in [5.74, 6) is -1.16. The second-order valence-electron chi connectivity index (χ2n) is 5.04. The van der Waals surface area contributed by atoms with Crippen LogP contribution in [0, 0.1) is 28.4 Å². The summed E-state index contributed by atoms with van der Waals surface area (Å²) in [6, 6.07) is 5.63. The maximum atomic E-state index is 12.9. The molecule has 18 heavy (non-hydrogen) atoms. The fourth-order valence-corrected chi connectivity index (χ4v) is 1.64. The minimum atomic E-state index is -0.580. The Morgan fingerprint density at radius 1 is 1.17 bits per heavy atom. The largest absolute Gasteiger partial charge is 0.385 e. The van der Waals surface area contributed by atoms with Gasteiger partial charge in [0.1, 0.15) is 11.6 Å². The van der Waals surface area contributed by atoms with E-state index < -0.39 is 11.6 Å². The zero-order valence-corrected chi connectivity index (χ0v) is 10.8. The number of rotatable bonds is 6. The number of unbranched alkanes of at least 4 members (excludes halogenated alkanes) is 1. The first-order chi connectivity index (χ1) is 8.43. The summed E-state index contributed by atoms with van der Waals surface area (Å²) in [5, 5.41) is 11.8. The molecule has 0 radical (unpaired) electrons. The lowest BCUT2D eigenvalue weighted by atomic mass is 9.89. The van der Waals surface area contributed by atoms with Gasteiger partial charge in [0, 0.05) is 18.3 Å². The van der Waals surface area contributed by atoms with E-state index in [9.17, 15) is 8.78 Å². The summed E-state index contributed by atoms with van der Waals surface area (Å²) >= 11 is 0. The lowest BCUT2D eigenvalue weighted by Gasteiger charge is -2.14. The van der Waals surface area contributed by atoms with Crippen LogP contribution in [0.3, 0.4) is 0 Å². The van der Waals surface area contributed by atoms with Crippen LogP contribution in [-0.2, 0) is 0 Å². The third-order valence-electron chi connectivity index (χ3n) is 2.72. The van der Waals surface area contributed by atoms with Crippen molar-refractivity contribution >= 4 is 5.69 Å². The summed E-state index contributed by atoms with van der Waals surface area (Å²) in [6.45, 7) is 4.45. The molecule has 0 aromatic heterocycles. The Hall–Kier alpha value is -1.63. The summed E-state index contributed by atoms with van der Waals surface area (Å²) in [7, 11) is 0. The fourth-order valence-electron chi connectivity index (χ4n) is 1.64. The molecule has 1 aromatic rings. The average Bonchev–Trinajstić information content (AvgIpc) is 2.27. The van der Waals surface area contributed by atoms with Gasteiger partial charge in [0.15, 0.2) is 0 Å². The van der Waals surface area contributed by atoms with E-state index in [1.54, 1.807) is 0 Å². The van der Waals surface area contributed by atoms with E-state index >= 15 is 0 Å². The van der Waals surface area contributed by atoms with Crippen LogP contribution < -0.4 is 5.32 Å². The van der Waals surface area contributed by atoms with Crippen molar-refractivity contribution in [2.75, 3.05) is 11.9 Å². The topological polar surface area (TPSA) is 35.8 Å². The molecular weight excluding hydrogens is 234 g/mol. The van der Waals surface area contributed by atoms with Crippen LogP contribution in [-0.4, -0.2) is 6.54 Å². The first-order valence-electron chi connectivity index (χ1n) is 6.04. The SMILES string of the molecule is CC(C)(C#N)CCCCNc1cc(F)cc(F)c1. The van der Waals surface area contributed by atoms with Crippen LogP contribution in [0.4, 0.5) is 14.5 Å². The molecule has 2 nitrogen and oxygen atoms in total. The van der Waals surface area contributed by atoms with Crippen LogP contribution in [0.15, 0.2) is 18.2 Å². The molecule has 0 saturated heterocycles. The molecule has 0 bridgehead atoms. The Balaban J connectivity index is 2.28. The second kappa shape index (κ2) is 6.34. The van der Waals surface area contributed by atoms with Crippen molar-refractivity contribution in [2.45, 2.75) is 33.1 Å². The minimum absolute atomic E-state index is 0.301. The zero-order valence-electron chi connectivity index (χ0n) is 10.8. The molecular formula is C14H18F2N2. The van der Waals surface area contributed by atoms with Gasteiger partial charge in [-0.2, -0.15) is 5.26 Å². The number of anilines is 1. The number of halogens is 2. The predicted octanol–water partition coefficient (Wildman–Crippen LogP) is 4.10. The Kier molecular flexibility index (Phi) is 5.08. The van der Waals surface area contributed by atoms with Crippen LogP contribution in [0.25, 0.3) is 0 Å². The van der Waals surface area contributed by atoms with Gasteiger partial charge in [-0.3, -0.25) is 0 Å². The van der Waals surface area contributed by atoms with Crippen molar-refractivity contribution in [3.05, 3.63) is 29.8 Å². The highest BCUT2D eigenvalue weighted by Gasteiger charge is 2.15. The Morgan fingerprint density at radius 2 is 1.78 bits per heavy atom. The smallest absolute Gasteiger partial charge is 0.128 e. The average molecular weight is 252 g/mol. The molecule has 0 spiro atoms. The Morgan fingerprint density at radius 3 is 2.33 bits per heavy atom. The maximum Gasteiger partial charge on any atom is 0.128 e. The van der Waals surface area contributed by atoms with Gasteiger partial charge in [-0.1, -0.05) is 6.42 Å². The predicted molar refractivity (Wildman–Crippen MR) is 68.1 cm³/mol. The van der Waals surface area contributed by atoms with E-state index in [4.69, 9.17) is 5.26 Å². The van der Waals surface area contributed by atoms with E-state index in [0.29, 0.717) is 12.2 Å². The molecule has 1 N–H and O–H groups in total. The van der Waals surface area contributed by atoms with E-state index in [-0.39, 0.29) is 5.41 Å². The first-order valence-corrected chi connectivity index (χ1v) is 6.04. The third-order valence-corrected chi connectivity index (χ3v) is 2.72. The summed E-state index contributed by atoms with van der Waals surface area (Å²) < 4.78 is 25.8. The van der Waals surface area contributed by atoms with Gasteiger partial charge in [0.2, 0.25) is 0 Å². The number of nitrogens with zero attached hydrogens (tertiary/aromatic N) is 1. The van der Waals surface area contributed by atoms with Crippen molar-refractivity contribution in [2.24, 2.45) is 5.41 Å². The van der Waals surface area contributed by atoms with Crippen LogP contribution >= 0.6 is 0 Å². The molecule has 98 valence electrons. The van der Waals surface area contributed by atoms with E-state index in [1.165, 1.54) is 12.1 Å². The Bertz CT molecular complexity index is 416. The van der Waals surface area contributed by atoms with Crippen molar-refractivity contribution in [1.29, 1.82) is 5.26 Å². The van der Waals surface area contributed by atoms with Gasteiger partial charge in [-0.05, 0) is 38.8 Å². The molecule has 1 rings (SSSR count). The maximum absolute atomic E-state index is 12.9. The molecule has 0 fully saturated rings. The Labute approximate surface area is 107 Å². The molecule has 0 heterocycles. The molecule has 0 aliphatic rings. The number of nitrogens with one attached hydrogen (secondary N) is 1. The first kappa shape index (κ1) is 14.4. The molecule has 1 aromatic carbocycles. The summed E-state index contributed by atoms with van der Waals surface area (Å²) in [5.41, 5.74) is 0.150. The highest BCUT2D eigenvalue weighted by molar-refractivity contribution is 5.43. The van der Waals surface area contributed by atoms with Gasteiger partial charge in [0.05, 0.1) is 11.5 Å². The number of nitriles is 1. The van der Waals surface area contributed by atoms with Crippen molar-refractivity contribution in [3.8, 4) is 6.07 Å². The van der Waals surface area contributed by atoms with Crippen LogP contribution in [0.1, 0.15) is 33.1 Å². The molecule has 0 saturated carbocycles. The summed E-state index contributed by atoms with van der Waals surface area (Å²) in [6.07, 6.45) is 2.59. The third kappa shape index (κ3) is 5.13. The van der Waals surface area contributed by atoms with Crippen molar-refractivity contribution < 1.29 is 8.78 Å².